The van der Waals surface area contributed by atoms with Gasteiger partial charge in [-0.15, -0.1) is 0 Å². The molecule has 0 radical (unpaired) electrons. The second-order valence-electron chi connectivity index (χ2n) is 10.6. The van der Waals surface area contributed by atoms with Crippen LogP contribution in [0.15, 0.2) is 90.9 Å². The fourth-order valence-electron chi connectivity index (χ4n) is 5.93. The van der Waals surface area contributed by atoms with Gasteiger partial charge in [0, 0.05) is 74.6 Å². The molecule has 2 aromatic carbocycles. The molecule has 3 unspecified atom stereocenters. The molecule has 3 atom stereocenters. The summed E-state index contributed by atoms with van der Waals surface area (Å²) in [4.78, 5) is 34.0. The molecular formula is C31H35N5O4. The van der Waals surface area contributed by atoms with Crippen LogP contribution in [0.5, 0.6) is 0 Å². The van der Waals surface area contributed by atoms with Gasteiger partial charge < -0.3 is 15.0 Å². The fraction of sp³-hybridized carbons (Fsp3) is 0.355. The van der Waals surface area contributed by atoms with E-state index in [4.69, 9.17) is 4.74 Å². The monoisotopic (exact) mass is 541 g/mol. The fourth-order valence-corrected chi connectivity index (χ4v) is 5.93. The number of hydrogen-bond donors (Lipinski definition) is 1. The summed E-state index contributed by atoms with van der Waals surface area (Å²) in [5, 5.41) is 15.0. The van der Waals surface area contributed by atoms with E-state index >= 15 is 0 Å². The number of non-ortho nitro benzene ring substituents is 1. The molecule has 0 spiro atoms. The summed E-state index contributed by atoms with van der Waals surface area (Å²) in [7, 11) is 0. The minimum absolute atomic E-state index is 0.00747. The average Bonchev–Trinajstić information content (AvgIpc) is 2.98. The summed E-state index contributed by atoms with van der Waals surface area (Å²) in [6.07, 6.45) is 5.41. The first kappa shape index (κ1) is 27.3. The minimum Gasteiger partial charge on any atom is -0.464 e. The number of rotatable bonds is 8. The van der Waals surface area contributed by atoms with Gasteiger partial charge >= 0.3 is 5.97 Å². The standard InChI is InChI=1S/C31H35N5O4/c1-23-20-28(24-8-6-12-27(21-24)36(38)39)29(31(2,33-23)25-9-7-13-32-22-25)30(37)40-19-18-34-14-16-35(17-15-34)26-10-4-3-5-11-26/h3-13,20-22,28-29,33H,14-19H2,1-2H3. The molecule has 40 heavy (non-hydrogen) atoms. The lowest BCUT2D eigenvalue weighted by molar-refractivity contribution is -0.384. The molecular weight excluding hydrogens is 506 g/mol. The van der Waals surface area contributed by atoms with Crippen molar-refractivity contribution in [2.75, 3.05) is 44.2 Å². The molecule has 0 aliphatic carbocycles. The molecule has 5 rings (SSSR count). The van der Waals surface area contributed by atoms with Gasteiger partial charge in [-0.05, 0) is 43.2 Å². The minimum atomic E-state index is -0.833. The topological polar surface area (TPSA) is 101 Å². The van der Waals surface area contributed by atoms with Gasteiger partial charge in [0.05, 0.1) is 16.4 Å². The maximum Gasteiger partial charge on any atom is 0.312 e. The number of nitro benzene ring substituents is 1. The van der Waals surface area contributed by atoms with Gasteiger partial charge in [0.1, 0.15) is 6.61 Å². The van der Waals surface area contributed by atoms with E-state index in [0.29, 0.717) is 12.1 Å². The van der Waals surface area contributed by atoms with E-state index in [-0.39, 0.29) is 18.3 Å². The number of anilines is 1. The molecule has 208 valence electrons. The predicted molar refractivity (Wildman–Crippen MR) is 154 cm³/mol. The zero-order chi connectivity index (χ0) is 28.1. The molecule has 3 aromatic rings. The van der Waals surface area contributed by atoms with Gasteiger partial charge in [-0.2, -0.15) is 0 Å². The number of ether oxygens (including phenoxy) is 1. The van der Waals surface area contributed by atoms with Gasteiger partial charge in [-0.1, -0.05) is 42.5 Å². The maximum absolute atomic E-state index is 13.9. The van der Waals surface area contributed by atoms with Crippen LogP contribution in [-0.2, 0) is 15.1 Å². The van der Waals surface area contributed by atoms with Crippen LogP contribution in [0.1, 0.15) is 30.9 Å². The molecule has 0 bridgehead atoms. The Kier molecular flexibility index (Phi) is 8.11. The largest absolute Gasteiger partial charge is 0.464 e. The Hall–Kier alpha value is -4.24. The second-order valence-corrected chi connectivity index (χ2v) is 10.6. The number of piperazine rings is 1. The number of carbonyl (C=O) groups is 1. The Morgan fingerprint density at radius 1 is 1.10 bits per heavy atom. The Morgan fingerprint density at radius 3 is 2.58 bits per heavy atom. The van der Waals surface area contributed by atoms with Gasteiger partial charge in [0.25, 0.3) is 5.69 Å². The first-order valence-corrected chi connectivity index (χ1v) is 13.7. The SMILES string of the molecule is CC1=CC(c2cccc([N+](=O)[O-])c2)C(C(=O)OCCN2CCN(c3ccccc3)CC2)C(C)(c2cccnc2)N1. The van der Waals surface area contributed by atoms with Crippen molar-refractivity contribution in [1.29, 1.82) is 0 Å². The third-order valence-corrected chi connectivity index (χ3v) is 7.99. The second kappa shape index (κ2) is 11.9. The molecule has 0 amide bonds. The lowest BCUT2D eigenvalue weighted by atomic mass is 9.68. The van der Waals surface area contributed by atoms with E-state index in [0.717, 1.165) is 37.4 Å². The van der Waals surface area contributed by atoms with Gasteiger partial charge in [-0.3, -0.25) is 24.8 Å². The lowest BCUT2D eigenvalue weighted by Gasteiger charge is -2.45. The summed E-state index contributed by atoms with van der Waals surface area (Å²) in [6, 6.07) is 20.7. The smallest absolute Gasteiger partial charge is 0.312 e. The van der Waals surface area contributed by atoms with Crippen molar-refractivity contribution < 1.29 is 14.5 Å². The van der Waals surface area contributed by atoms with E-state index in [1.807, 2.05) is 44.2 Å². The zero-order valence-corrected chi connectivity index (χ0v) is 22.9. The third-order valence-electron chi connectivity index (χ3n) is 7.99. The number of pyridine rings is 1. The van der Waals surface area contributed by atoms with Gasteiger partial charge in [0.15, 0.2) is 0 Å². The highest BCUT2D eigenvalue weighted by molar-refractivity contribution is 5.77. The summed E-state index contributed by atoms with van der Waals surface area (Å²) in [6.45, 7) is 8.45. The van der Waals surface area contributed by atoms with Gasteiger partial charge in [0.2, 0.25) is 0 Å². The van der Waals surface area contributed by atoms with Gasteiger partial charge in [-0.25, -0.2) is 0 Å². The van der Waals surface area contributed by atoms with Crippen LogP contribution in [0.3, 0.4) is 0 Å². The number of para-hydroxylation sites is 1. The van der Waals surface area contributed by atoms with Crippen LogP contribution in [0, 0.1) is 16.0 Å². The van der Waals surface area contributed by atoms with E-state index in [9.17, 15) is 14.9 Å². The first-order chi connectivity index (χ1) is 19.3. The van der Waals surface area contributed by atoms with Crippen molar-refractivity contribution in [1.82, 2.24) is 15.2 Å². The highest BCUT2D eigenvalue weighted by Gasteiger charge is 2.49. The summed E-state index contributed by atoms with van der Waals surface area (Å²) in [5.74, 6) is -1.44. The molecule has 1 aromatic heterocycles. The Balaban J connectivity index is 1.33. The number of esters is 1. The van der Waals surface area contributed by atoms with Crippen LogP contribution >= 0.6 is 0 Å². The van der Waals surface area contributed by atoms with Crippen molar-refractivity contribution in [3.05, 3.63) is 112 Å². The van der Waals surface area contributed by atoms with Crippen molar-refractivity contribution in [3.8, 4) is 0 Å². The molecule has 2 aliphatic heterocycles. The number of hydrogen-bond acceptors (Lipinski definition) is 8. The van der Waals surface area contributed by atoms with E-state index in [1.165, 1.54) is 11.8 Å². The van der Waals surface area contributed by atoms with E-state index < -0.39 is 22.3 Å². The van der Waals surface area contributed by atoms with Crippen molar-refractivity contribution in [2.45, 2.75) is 25.3 Å². The normalized spacial score (nSPS) is 23.1. The quantitative estimate of drug-likeness (QED) is 0.253. The molecule has 1 fully saturated rings. The van der Waals surface area contributed by atoms with Crippen LogP contribution in [0.2, 0.25) is 0 Å². The molecule has 3 heterocycles. The maximum atomic E-state index is 13.9. The number of aromatic nitrogens is 1. The van der Waals surface area contributed by atoms with E-state index in [1.54, 1.807) is 24.5 Å². The number of nitrogens with one attached hydrogen (secondary N) is 1. The Morgan fingerprint density at radius 2 is 1.88 bits per heavy atom. The van der Waals surface area contributed by atoms with Crippen molar-refractivity contribution in [2.24, 2.45) is 5.92 Å². The molecule has 9 nitrogen and oxygen atoms in total. The van der Waals surface area contributed by atoms with Crippen molar-refractivity contribution >= 4 is 17.3 Å². The number of carbonyl (C=O) groups excluding carboxylic acids is 1. The Labute approximate surface area is 234 Å². The summed E-state index contributed by atoms with van der Waals surface area (Å²) < 4.78 is 5.96. The molecule has 0 saturated carbocycles. The van der Waals surface area contributed by atoms with Crippen molar-refractivity contribution in [3.63, 3.8) is 0 Å². The predicted octanol–water partition coefficient (Wildman–Crippen LogP) is 4.48. The molecule has 1 N–H and O–H groups in total. The van der Waals surface area contributed by atoms with E-state index in [2.05, 4.69) is 44.4 Å². The number of allylic oxidation sites excluding steroid dienone is 2. The van der Waals surface area contributed by atoms with Crippen LogP contribution in [-0.4, -0.2) is 60.1 Å². The molecule has 9 heteroatoms. The summed E-state index contributed by atoms with van der Waals surface area (Å²) >= 11 is 0. The third kappa shape index (κ3) is 5.84. The molecule has 2 aliphatic rings. The number of nitro groups is 1. The Bertz CT molecular complexity index is 1360. The highest BCUT2D eigenvalue weighted by Crippen LogP contribution is 2.45. The van der Waals surface area contributed by atoms with Crippen LogP contribution in [0.4, 0.5) is 11.4 Å². The van der Waals surface area contributed by atoms with Crippen LogP contribution < -0.4 is 10.2 Å². The average molecular weight is 542 g/mol. The highest BCUT2D eigenvalue weighted by atomic mass is 16.6. The number of benzene rings is 2. The van der Waals surface area contributed by atoms with Crippen LogP contribution in [0.25, 0.3) is 0 Å². The summed E-state index contributed by atoms with van der Waals surface area (Å²) in [5.41, 5.74) is 2.81. The zero-order valence-electron chi connectivity index (χ0n) is 22.9. The first-order valence-electron chi connectivity index (χ1n) is 13.7. The molecule has 1 saturated heterocycles. The lowest BCUT2D eigenvalue weighted by Crippen LogP contribution is -2.54. The number of nitrogens with zero attached hydrogens (tertiary/aromatic N) is 4.